The van der Waals surface area contributed by atoms with Gasteiger partial charge in [-0.25, -0.2) is 13.9 Å². The molecule has 300 valence electrons. The molecule has 5 aliphatic rings. The highest BCUT2D eigenvalue weighted by Crippen LogP contribution is 2.44. The zero-order valence-electron chi connectivity index (χ0n) is 32.0. The normalized spacial score (nSPS) is 21.0. The van der Waals surface area contributed by atoms with Crippen molar-refractivity contribution in [2.45, 2.75) is 62.8 Å². The topological polar surface area (TPSA) is 169 Å². The van der Waals surface area contributed by atoms with Crippen LogP contribution in [0.25, 0.3) is 16.6 Å². The first-order valence-electron chi connectivity index (χ1n) is 19.9. The lowest BCUT2D eigenvalue weighted by atomic mass is 9.92. The van der Waals surface area contributed by atoms with Crippen LogP contribution < -0.4 is 25.0 Å². The Kier molecular flexibility index (Phi) is 8.80. The van der Waals surface area contributed by atoms with Gasteiger partial charge in [0.1, 0.15) is 23.1 Å². The summed E-state index contributed by atoms with van der Waals surface area (Å²) in [6, 6.07) is 8.48. The predicted octanol–water partition coefficient (Wildman–Crippen LogP) is 3.76. The minimum atomic E-state index is -1.41. The van der Waals surface area contributed by atoms with Gasteiger partial charge in [-0.15, -0.1) is 0 Å². The van der Waals surface area contributed by atoms with Crippen molar-refractivity contribution in [1.82, 2.24) is 39.5 Å². The Morgan fingerprint density at radius 1 is 1.09 bits per heavy atom. The summed E-state index contributed by atoms with van der Waals surface area (Å²) in [5, 5.41) is 15.4. The van der Waals surface area contributed by atoms with Crippen molar-refractivity contribution in [1.29, 1.82) is 0 Å². The van der Waals surface area contributed by atoms with E-state index in [0.29, 0.717) is 64.3 Å². The Balaban J connectivity index is 0.779. The van der Waals surface area contributed by atoms with Crippen LogP contribution in [0.3, 0.4) is 0 Å². The van der Waals surface area contributed by atoms with Crippen molar-refractivity contribution in [3.8, 4) is 11.5 Å². The number of benzene rings is 2. The summed E-state index contributed by atoms with van der Waals surface area (Å²) in [5.41, 5.74) is 2.59. The summed E-state index contributed by atoms with van der Waals surface area (Å²) in [7, 11) is 1.54. The molecule has 0 bridgehead atoms. The summed E-state index contributed by atoms with van der Waals surface area (Å²) < 4.78 is 31.8. The number of alkyl halides is 1. The number of nitrogens with one attached hydrogen (secondary N) is 2. The average Bonchev–Trinajstić information content (AvgIpc) is 3.63. The van der Waals surface area contributed by atoms with E-state index in [0.717, 1.165) is 49.7 Å². The molecule has 3 saturated heterocycles. The fraction of sp³-hybridized carbons (Fsp3) is 0.439. The molecule has 3 aromatic heterocycles. The largest absolute Gasteiger partial charge is 0.494 e. The van der Waals surface area contributed by atoms with Crippen molar-refractivity contribution in [3.05, 3.63) is 71.8 Å². The van der Waals surface area contributed by atoms with E-state index in [2.05, 4.69) is 25.6 Å². The molecule has 5 aromatic rings. The van der Waals surface area contributed by atoms with E-state index in [9.17, 15) is 19.2 Å². The van der Waals surface area contributed by atoms with Crippen LogP contribution >= 0.6 is 0 Å². The van der Waals surface area contributed by atoms with Crippen LogP contribution in [-0.2, 0) is 16.1 Å². The number of rotatable bonds is 11. The lowest BCUT2D eigenvalue weighted by Crippen LogP contribution is -2.64. The van der Waals surface area contributed by atoms with Gasteiger partial charge in [0.15, 0.2) is 11.3 Å². The number of methoxy groups -OCH3 is 1. The number of aromatic nitrogens is 5. The second-order valence-electron chi connectivity index (χ2n) is 16.2. The van der Waals surface area contributed by atoms with Crippen molar-refractivity contribution < 1.29 is 33.0 Å². The molecule has 4 amide bonds. The SMILES string of the molecule is COc1c(N2CC(F)(CN3CCC(n4cc5cc(NC(=O)c6cnn7cccnc67)c(OCC6CC6)cc5n4)CC3)C2)ccc2c1CN(C1CCC(=O)NC1=O)C2=O. The molecule has 4 fully saturated rings. The first kappa shape index (κ1) is 36.3. The summed E-state index contributed by atoms with van der Waals surface area (Å²) in [6.45, 7) is 2.88. The molecule has 0 spiro atoms. The molecule has 2 N–H and O–H groups in total. The fourth-order valence-electron chi connectivity index (χ4n) is 8.87. The van der Waals surface area contributed by atoms with Crippen molar-refractivity contribution >= 4 is 51.6 Å². The zero-order chi connectivity index (χ0) is 39.7. The number of nitrogens with zero attached hydrogens (tertiary/aromatic N) is 8. The van der Waals surface area contributed by atoms with Gasteiger partial charge in [-0.1, -0.05) is 0 Å². The summed E-state index contributed by atoms with van der Waals surface area (Å²) in [6.07, 6.45) is 11.2. The first-order chi connectivity index (χ1) is 28.1. The molecule has 1 saturated carbocycles. The molecule has 7 heterocycles. The Morgan fingerprint density at radius 3 is 2.69 bits per heavy atom. The zero-order valence-corrected chi connectivity index (χ0v) is 32.0. The Bertz CT molecular complexity index is 2480. The average molecular weight is 791 g/mol. The number of hydrogen-bond donors (Lipinski definition) is 2. The Hall–Kier alpha value is -6.10. The highest BCUT2D eigenvalue weighted by atomic mass is 19.1. The van der Waals surface area contributed by atoms with Crippen LogP contribution in [-0.4, -0.2) is 116 Å². The van der Waals surface area contributed by atoms with Gasteiger partial charge < -0.3 is 24.6 Å². The lowest BCUT2D eigenvalue weighted by molar-refractivity contribution is -0.136. The number of amides is 4. The molecule has 1 atom stereocenters. The minimum absolute atomic E-state index is 0.133. The molecule has 10 rings (SSSR count). The number of halogens is 1. The highest BCUT2D eigenvalue weighted by Gasteiger charge is 2.47. The van der Waals surface area contributed by atoms with Crippen LogP contribution in [0.5, 0.6) is 11.5 Å². The summed E-state index contributed by atoms with van der Waals surface area (Å²) >= 11 is 0. The highest BCUT2D eigenvalue weighted by molar-refractivity contribution is 6.09. The Morgan fingerprint density at radius 2 is 1.91 bits per heavy atom. The van der Waals surface area contributed by atoms with Gasteiger partial charge in [0.2, 0.25) is 11.8 Å². The van der Waals surface area contributed by atoms with Gasteiger partial charge in [-0.3, -0.25) is 34.1 Å². The number of hydrogen-bond acceptors (Lipinski definition) is 11. The van der Waals surface area contributed by atoms with Gasteiger partial charge >= 0.3 is 0 Å². The van der Waals surface area contributed by atoms with Crippen LogP contribution in [0.2, 0.25) is 0 Å². The van der Waals surface area contributed by atoms with E-state index in [4.69, 9.17) is 14.6 Å². The van der Waals surface area contributed by atoms with E-state index in [1.54, 1.807) is 35.1 Å². The van der Waals surface area contributed by atoms with Crippen LogP contribution in [0, 0.1) is 5.92 Å². The minimum Gasteiger partial charge on any atom is -0.494 e. The van der Waals surface area contributed by atoms with Crippen molar-refractivity contribution in [2.75, 3.05) is 56.7 Å². The number of piperidine rings is 2. The van der Waals surface area contributed by atoms with Crippen LogP contribution in [0.15, 0.2) is 55.1 Å². The quantitative estimate of drug-likeness (QED) is 0.187. The van der Waals surface area contributed by atoms with E-state index >= 15 is 4.39 Å². The first-order valence-corrected chi connectivity index (χ1v) is 19.9. The Labute approximate surface area is 332 Å². The summed E-state index contributed by atoms with van der Waals surface area (Å²) in [4.78, 5) is 60.9. The van der Waals surface area contributed by atoms with Gasteiger partial charge in [0, 0.05) is 67.2 Å². The van der Waals surface area contributed by atoms with Gasteiger partial charge in [0.05, 0.1) is 62.5 Å². The third-order valence-corrected chi connectivity index (χ3v) is 12.1. The predicted molar refractivity (Wildman–Crippen MR) is 209 cm³/mol. The molecule has 16 nitrogen and oxygen atoms in total. The molecule has 1 aliphatic carbocycles. The maximum absolute atomic E-state index is 16.3. The third-order valence-electron chi connectivity index (χ3n) is 12.1. The molecular formula is C41H43FN10O6. The van der Waals surface area contributed by atoms with E-state index < -0.39 is 17.6 Å². The van der Waals surface area contributed by atoms with Gasteiger partial charge in [-0.2, -0.15) is 10.2 Å². The maximum Gasteiger partial charge on any atom is 0.261 e. The number of ether oxygens (including phenoxy) is 2. The number of fused-ring (bicyclic) bond motifs is 3. The molecule has 0 radical (unpaired) electrons. The van der Waals surface area contributed by atoms with Gasteiger partial charge in [-0.05, 0) is 62.3 Å². The van der Waals surface area contributed by atoms with E-state index in [-0.39, 0.29) is 56.2 Å². The van der Waals surface area contributed by atoms with E-state index in [1.807, 2.05) is 27.9 Å². The molecule has 2 aromatic carbocycles. The van der Waals surface area contributed by atoms with Gasteiger partial charge in [0.25, 0.3) is 11.8 Å². The molecule has 4 aliphatic heterocycles. The number of likely N-dealkylation sites (tertiary alicyclic amines) is 1. The van der Waals surface area contributed by atoms with Crippen molar-refractivity contribution in [3.63, 3.8) is 0 Å². The van der Waals surface area contributed by atoms with Crippen LogP contribution in [0.4, 0.5) is 15.8 Å². The van der Waals surface area contributed by atoms with E-state index in [1.165, 1.54) is 18.2 Å². The second-order valence-corrected chi connectivity index (χ2v) is 16.2. The molecule has 58 heavy (non-hydrogen) atoms. The number of carbonyl (C=O) groups is 4. The number of imide groups is 1. The smallest absolute Gasteiger partial charge is 0.261 e. The molecular weight excluding hydrogens is 748 g/mol. The third kappa shape index (κ3) is 6.56. The lowest BCUT2D eigenvalue weighted by Gasteiger charge is -2.49. The summed E-state index contributed by atoms with van der Waals surface area (Å²) in [5.74, 6) is 0.185. The molecule has 1 unspecified atom stereocenters. The van der Waals surface area contributed by atoms with Crippen LogP contribution in [0.1, 0.15) is 70.8 Å². The molecule has 17 heteroatoms. The second kappa shape index (κ2) is 14.1. The monoisotopic (exact) mass is 790 g/mol. The fourth-order valence-corrected chi connectivity index (χ4v) is 8.87. The number of carbonyl (C=O) groups excluding carboxylic acids is 4. The standard InChI is InChI=1S/C41H43FN10O6/c1-57-36-29-19-50(33-7-8-35(53)46-39(33)55)40(56)27(29)5-6-32(36)49-22-41(42,23-49)21-48-13-9-26(10-14-48)52-18-25-15-31(34(16-30(25)47-52)58-20-24-3-4-24)45-38(54)28-17-44-51-12-2-11-43-37(28)51/h2,5-6,11-12,15-18,24,26,33H,3-4,7-10,13-14,19-23H2,1H3,(H,45,54)(H,46,53,55). The van der Waals surface area contributed by atoms with Crippen molar-refractivity contribution in [2.24, 2.45) is 5.92 Å². The number of anilines is 2. The maximum atomic E-state index is 16.3.